The smallest absolute Gasteiger partial charge is 0.343 e. The third-order valence-corrected chi connectivity index (χ3v) is 4.74. The monoisotopic (exact) mass is 448 g/mol. The first-order valence-corrected chi connectivity index (χ1v) is 11.1. The molecule has 0 aliphatic rings. The Hall–Kier alpha value is -3.80. The van der Waals surface area contributed by atoms with Gasteiger partial charge in [0.2, 0.25) is 0 Å². The first kappa shape index (κ1) is 23.9. The average molecular weight is 449 g/mol. The molecule has 172 valence electrons. The maximum atomic E-state index is 12.4. The zero-order chi connectivity index (χ0) is 23.3. The minimum atomic E-state index is -0.485. The highest BCUT2D eigenvalue weighted by Gasteiger charge is 2.11. The molecule has 0 aromatic heterocycles. The van der Waals surface area contributed by atoms with Crippen molar-refractivity contribution >= 4 is 11.9 Å². The number of unbranched alkanes of at least 4 members (excludes halogenated alkanes) is 2. The number of carbonyl (C=O) groups excluding carboxylic acids is 2. The Morgan fingerprint density at radius 2 is 1.18 bits per heavy atom. The molecule has 0 aliphatic carbocycles. The van der Waals surface area contributed by atoms with E-state index in [-0.39, 0.29) is 13.2 Å². The van der Waals surface area contributed by atoms with Crippen molar-refractivity contribution in [2.45, 2.75) is 26.2 Å². The highest BCUT2D eigenvalue weighted by Crippen LogP contribution is 2.17. The van der Waals surface area contributed by atoms with Crippen molar-refractivity contribution in [2.75, 3.05) is 19.8 Å². The Morgan fingerprint density at radius 1 is 0.606 bits per heavy atom. The van der Waals surface area contributed by atoms with Gasteiger partial charge in [-0.05, 0) is 67.1 Å². The van der Waals surface area contributed by atoms with Crippen molar-refractivity contribution < 1.29 is 28.5 Å². The molecule has 0 unspecified atom stereocenters. The number of ether oxygens (including phenoxy) is 4. The van der Waals surface area contributed by atoms with Crippen molar-refractivity contribution in [1.82, 2.24) is 0 Å². The number of carbonyl (C=O) groups is 2. The van der Waals surface area contributed by atoms with Crippen LogP contribution in [0.2, 0.25) is 0 Å². The molecule has 0 atom stereocenters. The predicted octanol–water partition coefficient (Wildman–Crippen LogP) is 5.71. The van der Waals surface area contributed by atoms with Gasteiger partial charge < -0.3 is 18.9 Å². The quantitative estimate of drug-likeness (QED) is 0.201. The molecular weight excluding hydrogens is 420 g/mol. The normalized spacial score (nSPS) is 10.3. The van der Waals surface area contributed by atoms with Gasteiger partial charge in [-0.1, -0.05) is 38.0 Å². The summed E-state index contributed by atoms with van der Waals surface area (Å²) < 4.78 is 21.7. The van der Waals surface area contributed by atoms with E-state index in [1.807, 2.05) is 30.3 Å². The highest BCUT2D eigenvalue weighted by molar-refractivity contribution is 5.92. The zero-order valence-corrected chi connectivity index (χ0v) is 18.7. The van der Waals surface area contributed by atoms with Gasteiger partial charge in [0, 0.05) is 0 Å². The molecule has 3 rings (SSSR count). The SMILES string of the molecule is CCCCCOc1ccc(C(=O)Oc2ccc(C(=O)OCCOc3ccccc3)cc2)cc1. The lowest BCUT2D eigenvalue weighted by molar-refractivity contribution is 0.0450. The van der Waals surface area contributed by atoms with Crippen molar-refractivity contribution in [2.24, 2.45) is 0 Å². The van der Waals surface area contributed by atoms with Crippen LogP contribution < -0.4 is 14.2 Å². The topological polar surface area (TPSA) is 71.1 Å². The molecule has 33 heavy (non-hydrogen) atoms. The molecule has 6 heteroatoms. The van der Waals surface area contributed by atoms with E-state index in [2.05, 4.69) is 6.92 Å². The molecule has 3 aromatic rings. The molecule has 0 heterocycles. The van der Waals surface area contributed by atoms with Crippen LogP contribution in [-0.4, -0.2) is 31.8 Å². The predicted molar refractivity (Wildman–Crippen MR) is 125 cm³/mol. The van der Waals surface area contributed by atoms with Crippen LogP contribution in [0.5, 0.6) is 17.2 Å². The van der Waals surface area contributed by atoms with Gasteiger partial charge in [-0.25, -0.2) is 9.59 Å². The zero-order valence-electron chi connectivity index (χ0n) is 18.7. The van der Waals surface area contributed by atoms with E-state index in [1.54, 1.807) is 48.5 Å². The summed E-state index contributed by atoms with van der Waals surface area (Å²) in [6, 6.07) is 22.4. The Morgan fingerprint density at radius 3 is 1.85 bits per heavy atom. The number of esters is 2. The molecule has 6 nitrogen and oxygen atoms in total. The molecule has 0 spiro atoms. The number of hydrogen-bond donors (Lipinski definition) is 0. The van der Waals surface area contributed by atoms with Crippen molar-refractivity contribution in [1.29, 1.82) is 0 Å². The van der Waals surface area contributed by atoms with Crippen LogP contribution in [0.1, 0.15) is 46.9 Å². The van der Waals surface area contributed by atoms with E-state index in [1.165, 1.54) is 0 Å². The minimum absolute atomic E-state index is 0.128. The summed E-state index contributed by atoms with van der Waals surface area (Å²) in [7, 11) is 0. The second-order valence-corrected chi connectivity index (χ2v) is 7.29. The molecule has 0 fully saturated rings. The Balaban J connectivity index is 1.42. The largest absolute Gasteiger partial charge is 0.494 e. The van der Waals surface area contributed by atoms with Crippen molar-refractivity contribution in [3.05, 3.63) is 90.0 Å². The van der Waals surface area contributed by atoms with E-state index >= 15 is 0 Å². The van der Waals surface area contributed by atoms with Crippen LogP contribution in [0.15, 0.2) is 78.9 Å². The highest BCUT2D eigenvalue weighted by atomic mass is 16.6. The van der Waals surface area contributed by atoms with Crippen LogP contribution in [-0.2, 0) is 4.74 Å². The summed E-state index contributed by atoms with van der Waals surface area (Å²) >= 11 is 0. The van der Waals surface area contributed by atoms with Crippen molar-refractivity contribution in [3.8, 4) is 17.2 Å². The summed E-state index contributed by atoms with van der Waals surface area (Å²) in [6.45, 7) is 3.19. The summed E-state index contributed by atoms with van der Waals surface area (Å²) in [5, 5.41) is 0. The van der Waals surface area contributed by atoms with Gasteiger partial charge in [0.1, 0.15) is 30.5 Å². The minimum Gasteiger partial charge on any atom is -0.494 e. The molecule has 0 radical (unpaired) electrons. The number of hydrogen-bond acceptors (Lipinski definition) is 6. The van der Waals surface area contributed by atoms with E-state index in [9.17, 15) is 9.59 Å². The second-order valence-electron chi connectivity index (χ2n) is 7.29. The Kier molecular flexibility index (Phi) is 9.33. The average Bonchev–Trinajstić information content (AvgIpc) is 2.86. The molecular formula is C27H28O6. The van der Waals surface area contributed by atoms with Gasteiger partial charge in [-0.15, -0.1) is 0 Å². The van der Waals surface area contributed by atoms with Crippen LogP contribution in [0, 0.1) is 0 Å². The number of para-hydroxylation sites is 1. The fraction of sp³-hybridized carbons (Fsp3) is 0.259. The first-order chi connectivity index (χ1) is 16.2. The Bertz CT molecular complexity index is 997. The van der Waals surface area contributed by atoms with Gasteiger partial charge in [0.15, 0.2) is 0 Å². The van der Waals surface area contributed by atoms with E-state index in [0.717, 1.165) is 25.0 Å². The van der Waals surface area contributed by atoms with E-state index < -0.39 is 11.9 Å². The summed E-state index contributed by atoms with van der Waals surface area (Å²) in [5.74, 6) is 0.817. The third kappa shape index (κ3) is 8.00. The number of benzene rings is 3. The second kappa shape index (κ2) is 12.9. The molecule has 3 aromatic carbocycles. The summed E-state index contributed by atoms with van der Waals surface area (Å²) in [6.07, 6.45) is 3.27. The lowest BCUT2D eigenvalue weighted by Crippen LogP contribution is -2.12. The summed E-state index contributed by atoms with van der Waals surface area (Å²) in [4.78, 5) is 24.5. The van der Waals surface area contributed by atoms with E-state index in [4.69, 9.17) is 18.9 Å². The van der Waals surface area contributed by atoms with E-state index in [0.29, 0.717) is 29.2 Å². The fourth-order valence-corrected chi connectivity index (χ4v) is 2.95. The van der Waals surface area contributed by atoms with Crippen LogP contribution in [0.3, 0.4) is 0 Å². The maximum absolute atomic E-state index is 12.4. The van der Waals surface area contributed by atoms with Gasteiger partial charge in [-0.2, -0.15) is 0 Å². The van der Waals surface area contributed by atoms with Crippen molar-refractivity contribution in [3.63, 3.8) is 0 Å². The maximum Gasteiger partial charge on any atom is 0.343 e. The molecule has 0 saturated heterocycles. The van der Waals surface area contributed by atoms with Gasteiger partial charge >= 0.3 is 11.9 Å². The molecule has 0 saturated carbocycles. The standard InChI is InChI=1S/C27H28O6/c1-2-3-7-18-30-24-14-10-22(11-15-24)27(29)33-25-16-12-21(13-17-25)26(28)32-20-19-31-23-8-5-4-6-9-23/h4-6,8-17H,2-3,7,18-20H2,1H3. The third-order valence-electron chi connectivity index (χ3n) is 4.74. The van der Waals surface area contributed by atoms with Crippen LogP contribution in [0.4, 0.5) is 0 Å². The van der Waals surface area contributed by atoms with Crippen LogP contribution in [0.25, 0.3) is 0 Å². The lowest BCUT2D eigenvalue weighted by Gasteiger charge is -2.09. The lowest BCUT2D eigenvalue weighted by atomic mass is 10.2. The molecule has 0 N–H and O–H groups in total. The molecule has 0 aliphatic heterocycles. The molecule has 0 amide bonds. The van der Waals surface area contributed by atoms with Gasteiger partial charge in [-0.3, -0.25) is 0 Å². The first-order valence-electron chi connectivity index (χ1n) is 11.1. The van der Waals surface area contributed by atoms with Crippen LogP contribution >= 0.6 is 0 Å². The fourth-order valence-electron chi connectivity index (χ4n) is 2.95. The van der Waals surface area contributed by atoms with Gasteiger partial charge in [0.25, 0.3) is 0 Å². The molecule has 0 bridgehead atoms. The Labute approximate surface area is 194 Å². The van der Waals surface area contributed by atoms with Gasteiger partial charge in [0.05, 0.1) is 17.7 Å². The summed E-state index contributed by atoms with van der Waals surface area (Å²) in [5.41, 5.74) is 0.775. The number of rotatable bonds is 12.